The highest BCUT2D eigenvalue weighted by Gasteiger charge is 2.24. The summed E-state index contributed by atoms with van der Waals surface area (Å²) in [6, 6.07) is 0. The maximum absolute atomic E-state index is 14.1. The molecule has 0 aliphatic carbocycles. The van der Waals surface area contributed by atoms with E-state index in [9.17, 15) is 13.6 Å². The first-order valence-corrected chi connectivity index (χ1v) is 6.21. The summed E-state index contributed by atoms with van der Waals surface area (Å²) in [5, 5.41) is 0. The van der Waals surface area contributed by atoms with Crippen LogP contribution in [0.15, 0.2) is 0 Å². The van der Waals surface area contributed by atoms with Crippen molar-refractivity contribution in [2.24, 2.45) is 11.5 Å². The fraction of sp³-hybridized carbons (Fsp3) is 0.429. The van der Waals surface area contributed by atoms with Gasteiger partial charge in [0.2, 0.25) is 0 Å². The van der Waals surface area contributed by atoms with Gasteiger partial charge in [-0.2, -0.15) is 0 Å². The molecule has 0 fully saturated rings. The second-order valence-corrected chi connectivity index (χ2v) is 4.94. The van der Waals surface area contributed by atoms with Crippen LogP contribution in [0.5, 0.6) is 0 Å². The summed E-state index contributed by atoms with van der Waals surface area (Å²) in [6.07, 6.45) is 0.327. The molecule has 20 heavy (non-hydrogen) atoms. The fourth-order valence-electron chi connectivity index (χ4n) is 2.12. The Morgan fingerprint density at radius 3 is 1.90 bits per heavy atom. The molecule has 1 amide bonds. The molecule has 1 rings (SSSR count). The van der Waals surface area contributed by atoms with Gasteiger partial charge in [-0.3, -0.25) is 4.79 Å². The van der Waals surface area contributed by atoms with E-state index in [1.807, 2.05) is 18.7 Å². The molecule has 0 aliphatic rings. The maximum atomic E-state index is 14.1. The van der Waals surface area contributed by atoms with Crippen LogP contribution in [0.1, 0.15) is 27.0 Å². The van der Waals surface area contributed by atoms with Crippen LogP contribution in [0.3, 0.4) is 0 Å². The first-order valence-electron chi connectivity index (χ1n) is 6.21. The Balaban J connectivity index is 3.52. The first-order chi connectivity index (χ1) is 9.22. The fourth-order valence-corrected chi connectivity index (χ4v) is 2.12. The second kappa shape index (κ2) is 6.09. The van der Waals surface area contributed by atoms with Gasteiger partial charge in [0.25, 0.3) is 5.91 Å². The molecule has 0 aromatic heterocycles. The lowest BCUT2D eigenvalue weighted by Crippen LogP contribution is -2.27. The molecule has 0 saturated carbocycles. The van der Waals surface area contributed by atoms with E-state index >= 15 is 0 Å². The number of carbonyl (C=O) groups excluding carboxylic acids is 1. The van der Waals surface area contributed by atoms with E-state index in [0.29, 0.717) is 12.0 Å². The number of primary amides is 1. The summed E-state index contributed by atoms with van der Waals surface area (Å²) in [6.45, 7) is 3.30. The molecule has 4 N–H and O–H groups in total. The third kappa shape index (κ3) is 2.85. The van der Waals surface area contributed by atoms with Crippen LogP contribution in [-0.2, 0) is 6.42 Å². The number of hydrogen-bond donors (Lipinski definition) is 2. The lowest BCUT2D eigenvalue weighted by molar-refractivity contribution is -0.466. The Labute approximate surface area is 117 Å². The van der Waals surface area contributed by atoms with Gasteiger partial charge in [-0.15, -0.1) is 0 Å². The summed E-state index contributed by atoms with van der Waals surface area (Å²) in [7, 11) is 3.63. The van der Waals surface area contributed by atoms with Crippen LogP contribution in [0.25, 0.3) is 0 Å². The van der Waals surface area contributed by atoms with Crippen molar-refractivity contribution < 1.29 is 18.2 Å². The summed E-state index contributed by atoms with van der Waals surface area (Å²) in [4.78, 5) is 11.2. The summed E-state index contributed by atoms with van der Waals surface area (Å²) < 4.78 is 30.0. The summed E-state index contributed by atoms with van der Waals surface area (Å²) >= 11 is 0. The average molecular weight is 284 g/mol. The summed E-state index contributed by atoms with van der Waals surface area (Å²) in [5.41, 5.74) is 11.8. The molecule has 1 aromatic rings. The quantitative estimate of drug-likeness (QED) is 0.637. The number of nitrogens with zero attached hydrogens (tertiary/aromatic N) is 1. The topological polar surface area (TPSA) is 72.1 Å². The number of hydrogen-bond acceptors (Lipinski definition) is 2. The van der Waals surface area contributed by atoms with Crippen LogP contribution in [-0.4, -0.2) is 36.8 Å². The smallest absolute Gasteiger partial charge is 0.254 e. The van der Waals surface area contributed by atoms with E-state index in [1.54, 1.807) is 0 Å². The second-order valence-electron chi connectivity index (χ2n) is 4.94. The Hall–Kier alpha value is -1.82. The number of carbonyl (C=O) groups is 1. The molecule has 0 atom stereocenters. The highest BCUT2D eigenvalue weighted by Crippen LogP contribution is 2.25. The highest BCUT2D eigenvalue weighted by atomic mass is 19.1. The van der Waals surface area contributed by atoms with Crippen molar-refractivity contribution in [3.05, 3.63) is 33.9 Å². The van der Waals surface area contributed by atoms with Crippen molar-refractivity contribution in [3.63, 3.8) is 0 Å². The van der Waals surface area contributed by atoms with Crippen LogP contribution in [0.2, 0.25) is 0 Å². The molecule has 0 spiro atoms. The van der Waals surface area contributed by atoms with Gasteiger partial charge < -0.3 is 11.5 Å². The highest BCUT2D eigenvalue weighted by molar-refractivity contribution is 5.94. The lowest BCUT2D eigenvalue weighted by Gasteiger charge is -2.14. The van der Waals surface area contributed by atoms with E-state index in [0.717, 1.165) is 5.71 Å². The number of benzene rings is 1. The van der Waals surface area contributed by atoms with Crippen molar-refractivity contribution in [2.45, 2.75) is 20.3 Å². The van der Waals surface area contributed by atoms with Gasteiger partial charge in [0.1, 0.15) is 31.3 Å². The van der Waals surface area contributed by atoms with Crippen molar-refractivity contribution in [1.82, 2.24) is 0 Å². The largest absolute Gasteiger partial charge is 0.365 e. The molecule has 0 radical (unpaired) electrons. The van der Waals surface area contributed by atoms with E-state index in [1.165, 1.54) is 13.8 Å². The monoisotopic (exact) mass is 284 g/mol. The number of rotatable bonds is 4. The predicted octanol–water partition coefficient (Wildman–Crippen LogP) is 0.895. The molecular weight excluding hydrogens is 264 g/mol. The zero-order valence-corrected chi connectivity index (χ0v) is 12.2. The van der Waals surface area contributed by atoms with Gasteiger partial charge in [-0.25, -0.2) is 13.4 Å². The zero-order valence-electron chi connectivity index (χ0n) is 12.2. The van der Waals surface area contributed by atoms with Gasteiger partial charge in [0.05, 0.1) is 13.0 Å². The molecule has 0 heterocycles. The standard InChI is InChI=1S/C14H19F2N3O/c1-7-10(5-9(6-17)19(3)4)8(2)13(16)11(12(7)15)14(18)20/h5-6,17H2,1-4H3,(H-,18,20)/p+1. The van der Waals surface area contributed by atoms with Crippen molar-refractivity contribution in [2.75, 3.05) is 20.6 Å². The molecule has 0 bridgehead atoms. The van der Waals surface area contributed by atoms with Gasteiger partial charge in [0.15, 0.2) is 5.71 Å². The van der Waals surface area contributed by atoms with Gasteiger partial charge in [0, 0.05) is 0 Å². The van der Waals surface area contributed by atoms with Crippen molar-refractivity contribution >= 4 is 11.6 Å². The van der Waals surface area contributed by atoms with Crippen molar-refractivity contribution in [1.29, 1.82) is 0 Å². The van der Waals surface area contributed by atoms with E-state index in [2.05, 4.69) is 0 Å². The lowest BCUT2D eigenvalue weighted by atomic mass is 9.93. The van der Waals surface area contributed by atoms with Gasteiger partial charge in [-0.1, -0.05) is 0 Å². The Kier molecular flexibility index (Phi) is 4.94. The van der Waals surface area contributed by atoms with Gasteiger partial charge in [-0.05, 0) is 30.5 Å². The third-order valence-electron chi connectivity index (χ3n) is 3.50. The zero-order chi connectivity index (χ0) is 15.6. The number of nitrogens with two attached hydrogens (primary N) is 2. The molecule has 6 heteroatoms. The van der Waals surface area contributed by atoms with Crippen molar-refractivity contribution in [3.8, 4) is 0 Å². The average Bonchev–Trinajstić information content (AvgIpc) is 2.36. The molecule has 110 valence electrons. The Bertz CT molecular complexity index is 562. The Morgan fingerprint density at radius 1 is 1.15 bits per heavy atom. The third-order valence-corrected chi connectivity index (χ3v) is 3.50. The minimum atomic E-state index is -1.10. The number of amides is 1. The predicted molar refractivity (Wildman–Crippen MR) is 74.2 cm³/mol. The van der Waals surface area contributed by atoms with E-state index in [4.69, 9.17) is 11.5 Å². The van der Waals surface area contributed by atoms with Crippen LogP contribution >= 0.6 is 0 Å². The normalized spacial score (nSPS) is 10.6. The number of halogens is 2. The molecule has 0 aliphatic heterocycles. The van der Waals surface area contributed by atoms with Crippen LogP contribution < -0.4 is 11.5 Å². The van der Waals surface area contributed by atoms with E-state index in [-0.39, 0.29) is 17.7 Å². The minimum absolute atomic E-state index is 0.227. The first kappa shape index (κ1) is 16.2. The molecule has 4 nitrogen and oxygen atoms in total. The van der Waals surface area contributed by atoms with Crippen LogP contribution in [0.4, 0.5) is 8.78 Å². The maximum Gasteiger partial charge on any atom is 0.254 e. The van der Waals surface area contributed by atoms with Crippen LogP contribution in [0, 0.1) is 25.5 Å². The summed E-state index contributed by atoms with van der Waals surface area (Å²) in [5.74, 6) is -2.90. The van der Waals surface area contributed by atoms with Gasteiger partial charge >= 0.3 is 0 Å². The molecule has 0 saturated heterocycles. The van der Waals surface area contributed by atoms with E-state index < -0.39 is 23.1 Å². The SMILES string of the molecule is Cc1c(F)c(C(N)=O)c(F)c(C)c1CC(CN)=[N+](C)C. The minimum Gasteiger partial charge on any atom is -0.365 e. The molecule has 0 unspecified atom stereocenters. The molecular formula is C14H20F2N3O+. The molecule has 1 aromatic carbocycles. The Morgan fingerprint density at radius 2 is 1.60 bits per heavy atom.